The summed E-state index contributed by atoms with van der Waals surface area (Å²) in [7, 11) is 0. The average molecular weight is 448 g/mol. The lowest BCUT2D eigenvalue weighted by molar-refractivity contribution is -0.116. The highest BCUT2D eigenvalue weighted by Crippen LogP contribution is 2.30. The molecular formula is C24H25N5O2S. The van der Waals surface area contributed by atoms with Gasteiger partial charge in [0.1, 0.15) is 10.7 Å². The van der Waals surface area contributed by atoms with Crippen LogP contribution in [-0.4, -0.2) is 25.4 Å². The molecule has 0 aliphatic carbocycles. The van der Waals surface area contributed by atoms with Gasteiger partial charge in [0, 0.05) is 29.3 Å². The van der Waals surface area contributed by atoms with Crippen molar-refractivity contribution in [2.24, 2.45) is 0 Å². The second-order valence-corrected chi connectivity index (χ2v) is 9.64. The maximum atomic E-state index is 13.1. The quantitative estimate of drug-likeness (QED) is 0.485. The number of carbonyl (C=O) groups is 1. The Balaban J connectivity index is 1.49. The number of aryl methyl sites for hydroxylation is 2. The van der Waals surface area contributed by atoms with Gasteiger partial charge in [-0.05, 0) is 12.5 Å². The minimum absolute atomic E-state index is 0.137. The normalized spacial score (nSPS) is 11.6. The summed E-state index contributed by atoms with van der Waals surface area (Å²) in [6.45, 7) is 8.35. The Hall–Kier alpha value is -3.39. The van der Waals surface area contributed by atoms with Crippen LogP contribution >= 0.6 is 11.3 Å². The predicted octanol–water partition coefficient (Wildman–Crippen LogP) is 4.55. The number of benzene rings is 1. The van der Waals surface area contributed by atoms with E-state index >= 15 is 0 Å². The third kappa shape index (κ3) is 4.60. The summed E-state index contributed by atoms with van der Waals surface area (Å²) in [5.74, 6) is 0.495. The highest BCUT2D eigenvalue weighted by molar-refractivity contribution is 7.17. The summed E-state index contributed by atoms with van der Waals surface area (Å²) < 4.78 is 1.49. The number of amides is 1. The van der Waals surface area contributed by atoms with E-state index in [2.05, 4.69) is 20.3 Å². The van der Waals surface area contributed by atoms with Crippen LogP contribution in [0.2, 0.25) is 0 Å². The first-order valence-electron chi connectivity index (χ1n) is 10.4. The van der Waals surface area contributed by atoms with E-state index < -0.39 is 0 Å². The first-order chi connectivity index (χ1) is 15.2. The highest BCUT2D eigenvalue weighted by Gasteiger charge is 2.17. The molecule has 0 saturated heterocycles. The Morgan fingerprint density at radius 1 is 1.09 bits per heavy atom. The van der Waals surface area contributed by atoms with Gasteiger partial charge in [0.15, 0.2) is 0 Å². The maximum Gasteiger partial charge on any atom is 0.262 e. The van der Waals surface area contributed by atoms with Crippen LogP contribution in [0.5, 0.6) is 0 Å². The zero-order chi connectivity index (χ0) is 22.9. The van der Waals surface area contributed by atoms with Gasteiger partial charge >= 0.3 is 0 Å². The third-order valence-electron chi connectivity index (χ3n) is 5.11. The van der Waals surface area contributed by atoms with Crippen LogP contribution < -0.4 is 10.9 Å². The lowest BCUT2D eigenvalue weighted by Crippen LogP contribution is -2.23. The van der Waals surface area contributed by atoms with Crippen molar-refractivity contribution in [1.82, 2.24) is 19.5 Å². The van der Waals surface area contributed by atoms with Gasteiger partial charge in [-0.15, -0.1) is 11.3 Å². The molecule has 0 spiro atoms. The molecule has 0 aliphatic rings. The van der Waals surface area contributed by atoms with Gasteiger partial charge < -0.3 is 5.32 Å². The van der Waals surface area contributed by atoms with Crippen molar-refractivity contribution in [2.75, 3.05) is 5.32 Å². The molecule has 0 fully saturated rings. The first-order valence-corrected chi connectivity index (χ1v) is 11.3. The van der Waals surface area contributed by atoms with E-state index in [0.717, 1.165) is 16.7 Å². The van der Waals surface area contributed by atoms with Gasteiger partial charge in [-0.2, -0.15) is 0 Å². The first kappa shape index (κ1) is 21.8. The molecule has 0 unspecified atom stereocenters. The predicted molar refractivity (Wildman–Crippen MR) is 128 cm³/mol. The number of aromatic nitrogens is 4. The summed E-state index contributed by atoms with van der Waals surface area (Å²) >= 11 is 1.45. The molecule has 4 aromatic rings. The fourth-order valence-corrected chi connectivity index (χ4v) is 4.20. The lowest BCUT2D eigenvalue weighted by atomic mass is 9.96. The molecule has 0 saturated carbocycles. The van der Waals surface area contributed by atoms with Gasteiger partial charge in [-0.25, -0.2) is 15.0 Å². The molecule has 0 radical (unpaired) electrons. The number of hydrogen-bond donors (Lipinski definition) is 1. The number of rotatable bonds is 5. The Morgan fingerprint density at radius 3 is 2.44 bits per heavy atom. The molecule has 1 N–H and O–H groups in total. The van der Waals surface area contributed by atoms with Crippen molar-refractivity contribution < 1.29 is 4.79 Å². The third-order valence-corrected chi connectivity index (χ3v) is 6.00. The maximum absolute atomic E-state index is 13.1. The molecule has 0 atom stereocenters. The molecule has 0 bridgehead atoms. The molecule has 7 nitrogen and oxygen atoms in total. The summed E-state index contributed by atoms with van der Waals surface area (Å²) in [5.41, 5.74) is 3.25. The van der Waals surface area contributed by atoms with Crippen molar-refractivity contribution in [2.45, 2.75) is 46.1 Å². The smallest absolute Gasteiger partial charge is 0.262 e. The van der Waals surface area contributed by atoms with Crippen LogP contribution in [-0.2, 0) is 16.8 Å². The molecule has 32 heavy (non-hydrogen) atoms. The van der Waals surface area contributed by atoms with Crippen molar-refractivity contribution >= 4 is 33.1 Å². The topological polar surface area (TPSA) is 89.8 Å². The van der Waals surface area contributed by atoms with Crippen molar-refractivity contribution in [3.05, 3.63) is 70.1 Å². The van der Waals surface area contributed by atoms with Gasteiger partial charge in [0.2, 0.25) is 5.91 Å². The lowest BCUT2D eigenvalue weighted by Gasteiger charge is -2.16. The number of hydrogen-bond acceptors (Lipinski definition) is 6. The van der Waals surface area contributed by atoms with E-state index in [9.17, 15) is 9.59 Å². The molecular weight excluding hydrogens is 422 g/mol. The van der Waals surface area contributed by atoms with E-state index in [4.69, 9.17) is 0 Å². The van der Waals surface area contributed by atoms with Crippen LogP contribution in [0.4, 0.5) is 5.69 Å². The fraction of sp³-hybridized carbons (Fsp3) is 0.292. The Bertz CT molecular complexity index is 1320. The Morgan fingerprint density at radius 2 is 1.78 bits per heavy atom. The molecule has 4 rings (SSSR count). The van der Waals surface area contributed by atoms with E-state index in [1.54, 1.807) is 12.4 Å². The molecule has 1 aromatic carbocycles. The van der Waals surface area contributed by atoms with Gasteiger partial charge in [0.25, 0.3) is 5.56 Å². The number of anilines is 1. The van der Waals surface area contributed by atoms with Crippen LogP contribution in [0.25, 0.3) is 21.3 Å². The molecule has 1 amide bonds. The Kier molecular flexibility index (Phi) is 5.88. The molecule has 0 aliphatic heterocycles. The second kappa shape index (κ2) is 8.63. The van der Waals surface area contributed by atoms with Crippen LogP contribution in [0.15, 0.2) is 53.2 Å². The SMILES string of the molecule is Cc1ccc(-c2csc3ncn(CCC(=O)Nc4cnc(C(C)(C)C)nc4)c(=O)c23)cc1. The minimum Gasteiger partial charge on any atom is -0.323 e. The van der Waals surface area contributed by atoms with Gasteiger partial charge in [0.05, 0.1) is 29.8 Å². The second-order valence-electron chi connectivity index (χ2n) is 8.78. The Labute approximate surface area is 190 Å². The largest absolute Gasteiger partial charge is 0.323 e. The van der Waals surface area contributed by atoms with E-state index in [-0.39, 0.29) is 29.8 Å². The average Bonchev–Trinajstić information content (AvgIpc) is 3.18. The van der Waals surface area contributed by atoms with Crippen molar-refractivity contribution in [3.8, 4) is 11.1 Å². The number of nitrogens with one attached hydrogen (secondary N) is 1. The standard InChI is InChI=1S/C24H25N5O2S/c1-15-5-7-16(8-6-15)18-13-32-21-20(18)22(31)29(14-27-21)10-9-19(30)28-17-11-25-23(26-12-17)24(2,3)4/h5-8,11-14H,9-10H2,1-4H3,(H,28,30). The van der Waals surface area contributed by atoms with Crippen LogP contribution in [0.1, 0.15) is 38.6 Å². The van der Waals surface area contributed by atoms with Crippen molar-refractivity contribution in [1.29, 1.82) is 0 Å². The van der Waals surface area contributed by atoms with Gasteiger partial charge in [-0.3, -0.25) is 14.2 Å². The summed E-state index contributed by atoms with van der Waals surface area (Å²) in [6.07, 6.45) is 4.85. The monoisotopic (exact) mass is 447 g/mol. The molecule has 3 aromatic heterocycles. The fourth-order valence-electron chi connectivity index (χ4n) is 3.30. The summed E-state index contributed by atoms with van der Waals surface area (Å²) in [5, 5.41) is 5.34. The van der Waals surface area contributed by atoms with E-state index in [1.807, 2.05) is 57.3 Å². The van der Waals surface area contributed by atoms with Crippen molar-refractivity contribution in [3.63, 3.8) is 0 Å². The number of nitrogens with zero attached hydrogens (tertiary/aromatic N) is 4. The number of fused-ring (bicyclic) bond motifs is 1. The van der Waals surface area contributed by atoms with E-state index in [0.29, 0.717) is 21.7 Å². The zero-order valence-corrected chi connectivity index (χ0v) is 19.4. The molecule has 8 heteroatoms. The van der Waals surface area contributed by atoms with Crippen LogP contribution in [0, 0.1) is 6.92 Å². The molecule has 3 heterocycles. The molecule has 164 valence electrons. The number of thiophene rings is 1. The zero-order valence-electron chi connectivity index (χ0n) is 18.5. The van der Waals surface area contributed by atoms with Gasteiger partial charge in [-0.1, -0.05) is 50.6 Å². The minimum atomic E-state index is -0.215. The van der Waals surface area contributed by atoms with Crippen LogP contribution in [0.3, 0.4) is 0 Å². The summed E-state index contributed by atoms with van der Waals surface area (Å²) in [4.78, 5) is 39.3. The number of carbonyl (C=O) groups excluding carboxylic acids is 1. The highest BCUT2D eigenvalue weighted by atomic mass is 32.1. The summed E-state index contributed by atoms with van der Waals surface area (Å²) in [6, 6.07) is 8.06. The van der Waals surface area contributed by atoms with E-state index in [1.165, 1.54) is 22.2 Å².